The molecular formula is C18H31N3. The van der Waals surface area contributed by atoms with Crippen LogP contribution in [-0.2, 0) is 6.54 Å². The second-order valence-electron chi connectivity index (χ2n) is 6.73. The summed E-state index contributed by atoms with van der Waals surface area (Å²) in [6, 6.07) is 6.85. The fourth-order valence-electron chi connectivity index (χ4n) is 3.38. The molecule has 1 fully saturated rings. The van der Waals surface area contributed by atoms with Crippen molar-refractivity contribution in [3.8, 4) is 0 Å². The fraction of sp³-hybridized carbons (Fsp3) is 0.667. The quantitative estimate of drug-likeness (QED) is 0.832. The molecule has 1 saturated carbocycles. The summed E-state index contributed by atoms with van der Waals surface area (Å²) in [5.41, 5.74) is 4.49. The van der Waals surface area contributed by atoms with Gasteiger partial charge in [0.25, 0.3) is 0 Å². The van der Waals surface area contributed by atoms with Gasteiger partial charge in [-0.15, -0.1) is 0 Å². The first kappa shape index (κ1) is 16.3. The standard InChI is InChI=1S/C18H31N3/c1-6-19-13-16-8-9-17(15(2)12-16)21(5)14-18(20(3)4)10-7-11-18/h8-9,12,19H,6-7,10-11,13-14H2,1-5H3. The average Bonchev–Trinajstić information content (AvgIpc) is 2.39. The molecule has 0 saturated heterocycles. The van der Waals surface area contributed by atoms with Gasteiger partial charge in [0.05, 0.1) is 0 Å². The van der Waals surface area contributed by atoms with Crippen LogP contribution in [-0.4, -0.2) is 44.7 Å². The average molecular weight is 289 g/mol. The van der Waals surface area contributed by atoms with Gasteiger partial charge in [-0.1, -0.05) is 19.1 Å². The van der Waals surface area contributed by atoms with Gasteiger partial charge in [0.1, 0.15) is 0 Å². The summed E-state index contributed by atoms with van der Waals surface area (Å²) >= 11 is 0. The zero-order chi connectivity index (χ0) is 15.5. The third-order valence-corrected chi connectivity index (χ3v) is 5.02. The molecule has 0 unspecified atom stereocenters. The van der Waals surface area contributed by atoms with Crippen LogP contribution in [0.3, 0.4) is 0 Å². The molecule has 3 heteroatoms. The second kappa shape index (κ2) is 6.80. The summed E-state index contributed by atoms with van der Waals surface area (Å²) in [5.74, 6) is 0. The predicted octanol–water partition coefficient (Wildman–Crippen LogP) is 3.03. The molecule has 1 aliphatic rings. The molecule has 0 heterocycles. The van der Waals surface area contributed by atoms with Gasteiger partial charge in [0, 0.05) is 31.4 Å². The van der Waals surface area contributed by atoms with E-state index in [1.165, 1.54) is 36.1 Å². The van der Waals surface area contributed by atoms with Gasteiger partial charge in [-0.2, -0.15) is 0 Å². The summed E-state index contributed by atoms with van der Waals surface area (Å²) in [7, 11) is 6.68. The minimum Gasteiger partial charge on any atom is -0.373 e. The molecule has 118 valence electrons. The molecule has 0 aliphatic heterocycles. The lowest BCUT2D eigenvalue weighted by Gasteiger charge is -2.49. The van der Waals surface area contributed by atoms with Crippen LogP contribution in [0.5, 0.6) is 0 Å². The first-order chi connectivity index (χ1) is 9.98. The highest BCUT2D eigenvalue weighted by Gasteiger charge is 2.40. The zero-order valence-electron chi connectivity index (χ0n) is 14.4. The number of likely N-dealkylation sites (N-methyl/N-ethyl adjacent to an activating group) is 2. The minimum atomic E-state index is 0.379. The molecule has 1 aliphatic carbocycles. The molecule has 21 heavy (non-hydrogen) atoms. The lowest BCUT2D eigenvalue weighted by atomic mass is 9.75. The summed E-state index contributed by atoms with van der Waals surface area (Å²) in [6.07, 6.45) is 4.01. The number of benzene rings is 1. The van der Waals surface area contributed by atoms with E-state index in [2.05, 4.69) is 68.3 Å². The van der Waals surface area contributed by atoms with Crippen molar-refractivity contribution in [2.45, 2.75) is 45.2 Å². The Balaban J connectivity index is 2.07. The highest BCUT2D eigenvalue weighted by molar-refractivity contribution is 5.54. The first-order valence-electron chi connectivity index (χ1n) is 8.17. The maximum Gasteiger partial charge on any atom is 0.0394 e. The third-order valence-electron chi connectivity index (χ3n) is 5.02. The minimum absolute atomic E-state index is 0.379. The number of anilines is 1. The number of nitrogens with one attached hydrogen (secondary N) is 1. The normalized spacial score (nSPS) is 16.9. The van der Waals surface area contributed by atoms with Crippen LogP contribution in [0.2, 0.25) is 0 Å². The number of nitrogens with zero attached hydrogens (tertiary/aromatic N) is 2. The molecule has 0 radical (unpaired) electrons. The molecule has 1 aromatic carbocycles. The summed E-state index contributed by atoms with van der Waals surface area (Å²) < 4.78 is 0. The Morgan fingerprint density at radius 1 is 1.19 bits per heavy atom. The van der Waals surface area contributed by atoms with Gasteiger partial charge in [-0.25, -0.2) is 0 Å². The maximum atomic E-state index is 3.39. The molecule has 0 spiro atoms. The lowest BCUT2D eigenvalue weighted by molar-refractivity contribution is 0.0683. The van der Waals surface area contributed by atoms with Gasteiger partial charge in [-0.05, 0) is 64.0 Å². The second-order valence-corrected chi connectivity index (χ2v) is 6.73. The van der Waals surface area contributed by atoms with Crippen molar-refractivity contribution in [2.24, 2.45) is 0 Å². The number of hydrogen-bond acceptors (Lipinski definition) is 3. The van der Waals surface area contributed by atoms with Crippen LogP contribution >= 0.6 is 0 Å². The van der Waals surface area contributed by atoms with Crippen molar-refractivity contribution in [1.82, 2.24) is 10.2 Å². The highest BCUT2D eigenvalue weighted by Crippen LogP contribution is 2.37. The fourth-order valence-corrected chi connectivity index (χ4v) is 3.38. The van der Waals surface area contributed by atoms with Crippen LogP contribution in [0.25, 0.3) is 0 Å². The van der Waals surface area contributed by atoms with E-state index in [1.54, 1.807) is 0 Å². The molecule has 0 bridgehead atoms. The zero-order valence-corrected chi connectivity index (χ0v) is 14.4. The van der Waals surface area contributed by atoms with E-state index in [0.29, 0.717) is 5.54 Å². The molecule has 1 N–H and O–H groups in total. The summed E-state index contributed by atoms with van der Waals surface area (Å²) in [4.78, 5) is 4.85. The number of rotatable bonds is 7. The van der Waals surface area contributed by atoms with Gasteiger partial charge >= 0.3 is 0 Å². The van der Waals surface area contributed by atoms with Crippen molar-refractivity contribution in [3.63, 3.8) is 0 Å². The van der Waals surface area contributed by atoms with Crippen LogP contribution in [0.15, 0.2) is 18.2 Å². The molecule has 0 atom stereocenters. The molecular weight excluding hydrogens is 258 g/mol. The monoisotopic (exact) mass is 289 g/mol. The highest BCUT2D eigenvalue weighted by atomic mass is 15.2. The Morgan fingerprint density at radius 2 is 1.90 bits per heavy atom. The van der Waals surface area contributed by atoms with E-state index >= 15 is 0 Å². The number of hydrogen-bond donors (Lipinski definition) is 1. The van der Waals surface area contributed by atoms with E-state index in [9.17, 15) is 0 Å². The maximum absolute atomic E-state index is 3.39. The molecule has 3 nitrogen and oxygen atoms in total. The molecule has 2 rings (SSSR count). The summed E-state index contributed by atoms with van der Waals surface area (Å²) in [6.45, 7) is 7.47. The van der Waals surface area contributed by atoms with Crippen LogP contribution in [0.4, 0.5) is 5.69 Å². The van der Waals surface area contributed by atoms with Crippen LogP contribution < -0.4 is 10.2 Å². The Bertz CT molecular complexity index is 464. The molecule has 0 aromatic heterocycles. The van der Waals surface area contributed by atoms with Crippen LogP contribution in [0, 0.1) is 6.92 Å². The van der Waals surface area contributed by atoms with Crippen LogP contribution in [0.1, 0.15) is 37.3 Å². The van der Waals surface area contributed by atoms with E-state index < -0.39 is 0 Å². The Hall–Kier alpha value is -1.06. The molecule has 1 aromatic rings. The lowest BCUT2D eigenvalue weighted by Crippen LogP contribution is -2.56. The topological polar surface area (TPSA) is 18.5 Å². The van der Waals surface area contributed by atoms with Crippen molar-refractivity contribution in [2.75, 3.05) is 39.1 Å². The van der Waals surface area contributed by atoms with Gasteiger partial charge in [-0.3, -0.25) is 0 Å². The van der Waals surface area contributed by atoms with Crippen molar-refractivity contribution < 1.29 is 0 Å². The van der Waals surface area contributed by atoms with E-state index in [1.807, 2.05) is 0 Å². The Labute approximate surface area is 130 Å². The van der Waals surface area contributed by atoms with E-state index in [-0.39, 0.29) is 0 Å². The number of aryl methyl sites for hydroxylation is 1. The third kappa shape index (κ3) is 3.58. The Morgan fingerprint density at radius 3 is 2.38 bits per heavy atom. The van der Waals surface area contributed by atoms with Gasteiger partial charge in [0.15, 0.2) is 0 Å². The van der Waals surface area contributed by atoms with Crippen molar-refractivity contribution >= 4 is 5.69 Å². The first-order valence-corrected chi connectivity index (χ1v) is 8.17. The van der Waals surface area contributed by atoms with Gasteiger partial charge < -0.3 is 15.1 Å². The van der Waals surface area contributed by atoms with Crippen molar-refractivity contribution in [3.05, 3.63) is 29.3 Å². The molecule has 0 amide bonds. The predicted molar refractivity (Wildman–Crippen MR) is 92.1 cm³/mol. The van der Waals surface area contributed by atoms with Crippen molar-refractivity contribution in [1.29, 1.82) is 0 Å². The van der Waals surface area contributed by atoms with E-state index in [0.717, 1.165) is 19.6 Å². The van der Waals surface area contributed by atoms with Gasteiger partial charge in [0.2, 0.25) is 0 Å². The smallest absolute Gasteiger partial charge is 0.0394 e. The summed E-state index contributed by atoms with van der Waals surface area (Å²) in [5, 5.41) is 3.39. The largest absolute Gasteiger partial charge is 0.373 e. The van der Waals surface area contributed by atoms with E-state index in [4.69, 9.17) is 0 Å². The SMILES string of the molecule is CCNCc1ccc(N(C)CC2(N(C)C)CCC2)c(C)c1. The Kier molecular flexibility index (Phi) is 5.28.